The van der Waals surface area contributed by atoms with Gasteiger partial charge >= 0.3 is 0 Å². The third-order valence-corrected chi connectivity index (χ3v) is 5.97. The second-order valence-corrected chi connectivity index (χ2v) is 7.85. The second-order valence-electron chi connectivity index (χ2n) is 6.83. The van der Waals surface area contributed by atoms with E-state index in [-0.39, 0.29) is 11.8 Å². The molecule has 2 amide bonds. The second kappa shape index (κ2) is 11.2. The summed E-state index contributed by atoms with van der Waals surface area (Å²) >= 11 is 1.45. The highest BCUT2D eigenvalue weighted by atomic mass is 32.2. The van der Waals surface area contributed by atoms with Gasteiger partial charge < -0.3 is 16.0 Å². The maximum atomic E-state index is 12.5. The molecule has 6 heteroatoms. The number of nitrogens with zero attached hydrogens (tertiary/aromatic N) is 1. The van der Waals surface area contributed by atoms with Gasteiger partial charge in [0.05, 0.1) is 11.3 Å². The van der Waals surface area contributed by atoms with Crippen molar-refractivity contribution in [1.82, 2.24) is 10.2 Å². The van der Waals surface area contributed by atoms with E-state index in [1.807, 2.05) is 36.2 Å². The number of nitrogens with one attached hydrogen (secondary N) is 1. The highest BCUT2D eigenvalue weighted by Crippen LogP contribution is 2.25. The van der Waals surface area contributed by atoms with Gasteiger partial charge in [-0.25, -0.2) is 0 Å². The maximum absolute atomic E-state index is 12.5. The van der Waals surface area contributed by atoms with E-state index in [2.05, 4.69) is 5.32 Å². The van der Waals surface area contributed by atoms with Crippen LogP contribution >= 0.6 is 11.8 Å². The molecule has 0 atom stereocenters. The van der Waals surface area contributed by atoms with Crippen LogP contribution in [0.2, 0.25) is 0 Å². The fourth-order valence-electron chi connectivity index (χ4n) is 3.26. The van der Waals surface area contributed by atoms with Crippen LogP contribution in [0.3, 0.4) is 0 Å². The summed E-state index contributed by atoms with van der Waals surface area (Å²) in [5.74, 6) is 0.419. The van der Waals surface area contributed by atoms with Crippen LogP contribution < -0.4 is 11.1 Å². The first-order valence-corrected chi connectivity index (χ1v) is 10.6. The Bertz CT molecular complexity index is 588. The average molecular weight is 378 g/mol. The van der Waals surface area contributed by atoms with Gasteiger partial charge in [-0.3, -0.25) is 9.59 Å². The Morgan fingerprint density at radius 2 is 1.92 bits per heavy atom. The summed E-state index contributed by atoms with van der Waals surface area (Å²) in [6.45, 7) is 1.26. The Kier molecular flexibility index (Phi) is 8.98. The highest BCUT2D eigenvalue weighted by Gasteiger charge is 2.22. The van der Waals surface area contributed by atoms with Crippen LogP contribution in [0.15, 0.2) is 29.2 Å². The van der Waals surface area contributed by atoms with Crippen LogP contribution in [0.4, 0.5) is 0 Å². The molecule has 144 valence electrons. The number of carbonyl (C=O) groups excluding carboxylic acids is 2. The van der Waals surface area contributed by atoms with Crippen LogP contribution in [0.25, 0.3) is 0 Å². The molecule has 3 N–H and O–H groups in total. The average Bonchev–Trinajstić information content (AvgIpc) is 2.69. The third-order valence-electron chi connectivity index (χ3n) is 4.92. The van der Waals surface area contributed by atoms with Gasteiger partial charge in [-0.15, -0.1) is 11.8 Å². The lowest BCUT2D eigenvalue weighted by Crippen LogP contribution is -2.39. The summed E-state index contributed by atoms with van der Waals surface area (Å²) in [6, 6.07) is 7.86. The van der Waals surface area contributed by atoms with Gasteiger partial charge in [-0.05, 0) is 44.4 Å². The first kappa shape index (κ1) is 20.8. The fraction of sp³-hybridized carbons (Fsp3) is 0.600. The monoisotopic (exact) mass is 377 g/mol. The van der Waals surface area contributed by atoms with Gasteiger partial charge in [0.1, 0.15) is 0 Å². The molecule has 0 bridgehead atoms. The van der Waals surface area contributed by atoms with E-state index in [0.29, 0.717) is 30.4 Å². The molecular weight excluding hydrogens is 346 g/mol. The summed E-state index contributed by atoms with van der Waals surface area (Å²) in [6.07, 6.45) is 7.69. The molecule has 0 saturated heterocycles. The molecule has 5 nitrogen and oxygen atoms in total. The Balaban J connectivity index is 1.88. The van der Waals surface area contributed by atoms with Crippen molar-refractivity contribution < 1.29 is 9.59 Å². The van der Waals surface area contributed by atoms with E-state index >= 15 is 0 Å². The molecule has 0 heterocycles. The molecule has 0 unspecified atom stereocenters. The predicted molar refractivity (Wildman–Crippen MR) is 107 cm³/mol. The van der Waals surface area contributed by atoms with Crippen molar-refractivity contribution in [3.8, 4) is 0 Å². The van der Waals surface area contributed by atoms with Crippen LogP contribution in [-0.2, 0) is 4.79 Å². The Labute approximate surface area is 161 Å². The molecule has 0 aromatic heterocycles. The van der Waals surface area contributed by atoms with Crippen molar-refractivity contribution in [3.05, 3.63) is 29.8 Å². The standard InChI is InChI=1S/C20H31N3O2S/c1-23(16-9-3-2-4-10-16)19(24)15-26-18-12-6-5-11-17(18)20(25)22-14-8-7-13-21/h5-6,11-12,16H,2-4,7-10,13-15,21H2,1H3,(H,22,25). The van der Waals surface area contributed by atoms with Gasteiger partial charge in [0, 0.05) is 24.5 Å². The number of unbranched alkanes of at least 4 members (excludes halogenated alkanes) is 1. The lowest BCUT2D eigenvalue weighted by atomic mass is 9.94. The van der Waals surface area contributed by atoms with Gasteiger partial charge in [-0.1, -0.05) is 31.4 Å². The zero-order valence-electron chi connectivity index (χ0n) is 15.7. The summed E-state index contributed by atoms with van der Waals surface area (Å²) < 4.78 is 0. The number of hydrogen-bond acceptors (Lipinski definition) is 4. The van der Waals surface area contributed by atoms with Gasteiger partial charge in [-0.2, -0.15) is 0 Å². The third kappa shape index (κ3) is 6.32. The zero-order valence-corrected chi connectivity index (χ0v) is 16.5. The number of hydrogen-bond donors (Lipinski definition) is 2. The Hall–Kier alpha value is -1.53. The highest BCUT2D eigenvalue weighted by molar-refractivity contribution is 8.00. The minimum absolute atomic E-state index is 0.0850. The van der Waals surface area contributed by atoms with E-state index in [1.165, 1.54) is 31.0 Å². The summed E-state index contributed by atoms with van der Waals surface area (Å²) in [7, 11) is 1.91. The number of amides is 2. The van der Waals surface area contributed by atoms with Crippen molar-refractivity contribution >= 4 is 23.6 Å². The largest absolute Gasteiger partial charge is 0.352 e. The molecule has 1 saturated carbocycles. The van der Waals surface area contributed by atoms with Crippen molar-refractivity contribution in [2.45, 2.75) is 55.9 Å². The SMILES string of the molecule is CN(C(=O)CSc1ccccc1C(=O)NCCCCN)C1CCCCC1. The first-order chi connectivity index (χ1) is 12.6. The van der Waals surface area contributed by atoms with Gasteiger partial charge in [0.15, 0.2) is 0 Å². The molecule has 1 aromatic rings. The number of thioether (sulfide) groups is 1. The van der Waals surface area contributed by atoms with Crippen LogP contribution in [0, 0.1) is 0 Å². The minimum Gasteiger partial charge on any atom is -0.352 e. The van der Waals surface area contributed by atoms with E-state index in [9.17, 15) is 9.59 Å². The quantitative estimate of drug-likeness (QED) is 0.512. The van der Waals surface area contributed by atoms with Crippen LogP contribution in [-0.4, -0.2) is 48.6 Å². The molecule has 26 heavy (non-hydrogen) atoms. The number of rotatable bonds is 9. The van der Waals surface area contributed by atoms with Crippen LogP contribution in [0.1, 0.15) is 55.3 Å². The van der Waals surface area contributed by atoms with Gasteiger partial charge in [0.2, 0.25) is 5.91 Å². The normalized spacial score (nSPS) is 14.8. The number of carbonyl (C=O) groups is 2. The van der Waals surface area contributed by atoms with Gasteiger partial charge in [0.25, 0.3) is 5.91 Å². The molecule has 1 aliphatic rings. The molecule has 0 aliphatic heterocycles. The Morgan fingerprint density at radius 1 is 1.19 bits per heavy atom. The minimum atomic E-state index is -0.0850. The summed E-state index contributed by atoms with van der Waals surface area (Å²) in [4.78, 5) is 27.7. The molecular formula is C20H31N3O2S. The molecule has 1 aliphatic carbocycles. The maximum Gasteiger partial charge on any atom is 0.252 e. The lowest BCUT2D eigenvalue weighted by Gasteiger charge is -2.31. The van der Waals surface area contributed by atoms with Crippen molar-refractivity contribution in [3.63, 3.8) is 0 Å². The summed E-state index contributed by atoms with van der Waals surface area (Å²) in [5.41, 5.74) is 6.11. The number of nitrogens with two attached hydrogens (primary N) is 1. The molecule has 2 rings (SSSR count). The van der Waals surface area contributed by atoms with Crippen molar-refractivity contribution in [2.24, 2.45) is 5.73 Å². The molecule has 0 radical (unpaired) electrons. The topological polar surface area (TPSA) is 75.4 Å². The smallest absolute Gasteiger partial charge is 0.252 e. The lowest BCUT2D eigenvalue weighted by molar-refractivity contribution is -0.129. The first-order valence-electron chi connectivity index (χ1n) is 9.59. The summed E-state index contributed by atoms with van der Waals surface area (Å²) in [5, 5.41) is 2.93. The molecule has 1 aromatic carbocycles. The Morgan fingerprint density at radius 3 is 2.65 bits per heavy atom. The molecule has 1 fully saturated rings. The van der Waals surface area contributed by atoms with Crippen molar-refractivity contribution in [1.29, 1.82) is 0 Å². The predicted octanol–water partition coefficient (Wildman–Crippen LogP) is 3.04. The van der Waals surface area contributed by atoms with Crippen LogP contribution in [0.5, 0.6) is 0 Å². The van der Waals surface area contributed by atoms with E-state index in [4.69, 9.17) is 5.73 Å². The fourth-order valence-corrected chi connectivity index (χ4v) is 4.23. The van der Waals surface area contributed by atoms with E-state index < -0.39 is 0 Å². The zero-order chi connectivity index (χ0) is 18.8. The van der Waals surface area contributed by atoms with Crippen molar-refractivity contribution in [2.75, 3.05) is 25.9 Å². The van der Waals surface area contributed by atoms with E-state index in [1.54, 1.807) is 0 Å². The van der Waals surface area contributed by atoms with E-state index in [0.717, 1.165) is 30.6 Å². The molecule has 0 spiro atoms. The number of benzene rings is 1.